The summed E-state index contributed by atoms with van der Waals surface area (Å²) in [5.74, 6) is 0.593. The zero-order chi connectivity index (χ0) is 26.5. The Balaban J connectivity index is 1.55. The number of carbonyl (C=O) groups is 1. The Morgan fingerprint density at radius 3 is 2.24 bits per heavy atom. The molecule has 38 heavy (non-hydrogen) atoms. The van der Waals surface area contributed by atoms with E-state index in [-0.39, 0.29) is 11.9 Å². The van der Waals surface area contributed by atoms with Gasteiger partial charge in [-0.2, -0.15) is 5.10 Å². The molecule has 1 N–H and O–H groups in total. The molecule has 0 fully saturated rings. The Hall–Kier alpha value is -4.64. The van der Waals surface area contributed by atoms with Crippen molar-refractivity contribution >= 4 is 5.91 Å². The molecule has 0 aliphatic rings. The first-order valence-electron chi connectivity index (χ1n) is 12.7. The molecule has 5 heteroatoms. The summed E-state index contributed by atoms with van der Waals surface area (Å²) in [7, 11) is 1.64. The maximum absolute atomic E-state index is 14.0. The molecule has 0 bridgehead atoms. The van der Waals surface area contributed by atoms with Gasteiger partial charge >= 0.3 is 0 Å². The molecule has 1 aromatic heterocycles. The van der Waals surface area contributed by atoms with Gasteiger partial charge in [0.1, 0.15) is 11.4 Å². The first kappa shape index (κ1) is 25.0. The quantitative estimate of drug-likeness (QED) is 0.252. The van der Waals surface area contributed by atoms with E-state index in [1.807, 2.05) is 80.6 Å². The topological polar surface area (TPSA) is 56.1 Å². The number of nitrogens with one attached hydrogen (secondary N) is 1. The number of hydrogen-bond donors (Lipinski definition) is 1. The average molecular weight is 502 g/mol. The second-order valence-electron chi connectivity index (χ2n) is 9.47. The van der Waals surface area contributed by atoms with Crippen LogP contribution in [-0.2, 0) is 6.42 Å². The lowest BCUT2D eigenvalue weighted by Crippen LogP contribution is -2.31. The first-order chi connectivity index (χ1) is 18.5. The molecule has 5 aromatic rings. The lowest BCUT2D eigenvalue weighted by molar-refractivity contribution is 0.0928. The lowest BCUT2D eigenvalue weighted by Gasteiger charge is -2.20. The first-order valence-corrected chi connectivity index (χ1v) is 12.7. The van der Waals surface area contributed by atoms with Gasteiger partial charge in [0.2, 0.25) is 0 Å². The molecule has 0 aliphatic carbocycles. The highest BCUT2D eigenvalue weighted by molar-refractivity contribution is 5.94. The van der Waals surface area contributed by atoms with Crippen LogP contribution < -0.4 is 10.1 Å². The van der Waals surface area contributed by atoms with Gasteiger partial charge in [0.05, 0.1) is 24.5 Å². The van der Waals surface area contributed by atoms with E-state index in [2.05, 4.69) is 47.8 Å². The summed E-state index contributed by atoms with van der Waals surface area (Å²) in [5, 5.41) is 8.21. The molecule has 1 unspecified atom stereocenters. The summed E-state index contributed by atoms with van der Waals surface area (Å²) in [6, 6.07) is 35.9. The molecule has 5 rings (SSSR count). The fourth-order valence-electron chi connectivity index (χ4n) is 4.60. The van der Waals surface area contributed by atoms with Crippen molar-refractivity contribution in [2.24, 2.45) is 0 Å². The summed E-state index contributed by atoms with van der Waals surface area (Å²) in [6.07, 6.45) is 0.680. The van der Waals surface area contributed by atoms with Gasteiger partial charge in [0.15, 0.2) is 0 Å². The Morgan fingerprint density at radius 1 is 0.868 bits per heavy atom. The number of benzene rings is 4. The van der Waals surface area contributed by atoms with Crippen molar-refractivity contribution in [1.82, 2.24) is 15.1 Å². The standard InChI is InChI=1S/C33H31N3O2/c1-23-14-15-24(2)31(20-23)36-32(22-30(35-36)27-16-18-28(38-3)19-17-27)33(37)34-29(26-12-8-5-9-13-26)21-25-10-6-4-7-11-25/h4-20,22,29H,21H2,1-3H3,(H,34,37). The van der Waals surface area contributed by atoms with Gasteiger partial charge in [-0.05, 0) is 78.9 Å². The van der Waals surface area contributed by atoms with Crippen LogP contribution in [0.25, 0.3) is 16.9 Å². The van der Waals surface area contributed by atoms with Crippen LogP contribution in [-0.4, -0.2) is 22.8 Å². The van der Waals surface area contributed by atoms with E-state index in [0.29, 0.717) is 12.1 Å². The summed E-state index contributed by atoms with van der Waals surface area (Å²) >= 11 is 0. The average Bonchev–Trinajstić information content (AvgIpc) is 3.40. The van der Waals surface area contributed by atoms with Gasteiger partial charge < -0.3 is 10.1 Å². The Bertz CT molecular complexity index is 1520. The van der Waals surface area contributed by atoms with E-state index in [1.54, 1.807) is 11.8 Å². The van der Waals surface area contributed by atoms with E-state index < -0.39 is 0 Å². The second kappa shape index (κ2) is 11.2. The van der Waals surface area contributed by atoms with E-state index in [0.717, 1.165) is 44.9 Å². The smallest absolute Gasteiger partial charge is 0.270 e. The summed E-state index contributed by atoms with van der Waals surface area (Å²) < 4.78 is 7.08. The molecule has 1 heterocycles. The monoisotopic (exact) mass is 501 g/mol. The minimum atomic E-state index is -0.197. The third-order valence-electron chi connectivity index (χ3n) is 6.71. The number of nitrogens with zero attached hydrogens (tertiary/aromatic N) is 2. The molecule has 0 saturated carbocycles. The van der Waals surface area contributed by atoms with Crippen LogP contribution in [0.5, 0.6) is 5.75 Å². The SMILES string of the molecule is COc1ccc(-c2cc(C(=O)NC(Cc3ccccc3)c3ccccc3)n(-c3cc(C)ccc3C)n2)cc1. The van der Waals surface area contributed by atoms with Crippen molar-refractivity contribution in [2.75, 3.05) is 7.11 Å². The van der Waals surface area contributed by atoms with Crippen molar-refractivity contribution in [3.63, 3.8) is 0 Å². The Morgan fingerprint density at radius 2 is 1.55 bits per heavy atom. The maximum atomic E-state index is 14.0. The van der Waals surface area contributed by atoms with Crippen molar-refractivity contribution in [3.8, 4) is 22.7 Å². The molecule has 0 spiro atoms. The van der Waals surface area contributed by atoms with Gasteiger partial charge in [-0.15, -0.1) is 0 Å². The number of aryl methyl sites for hydroxylation is 2. The van der Waals surface area contributed by atoms with E-state index in [9.17, 15) is 4.79 Å². The van der Waals surface area contributed by atoms with Gasteiger partial charge in [-0.1, -0.05) is 72.8 Å². The van der Waals surface area contributed by atoms with Crippen LogP contribution in [0, 0.1) is 13.8 Å². The van der Waals surface area contributed by atoms with Gasteiger partial charge in [-0.25, -0.2) is 4.68 Å². The number of methoxy groups -OCH3 is 1. The lowest BCUT2D eigenvalue weighted by atomic mass is 9.98. The number of amides is 1. The third-order valence-corrected chi connectivity index (χ3v) is 6.71. The number of hydrogen-bond acceptors (Lipinski definition) is 3. The molecule has 1 atom stereocenters. The van der Waals surface area contributed by atoms with Crippen molar-refractivity contribution < 1.29 is 9.53 Å². The predicted molar refractivity (Wildman–Crippen MR) is 152 cm³/mol. The van der Waals surface area contributed by atoms with Crippen LogP contribution >= 0.6 is 0 Å². The molecular weight excluding hydrogens is 470 g/mol. The number of ether oxygens (including phenoxy) is 1. The van der Waals surface area contributed by atoms with Gasteiger partial charge in [0.25, 0.3) is 5.91 Å². The molecule has 0 saturated heterocycles. The molecule has 5 nitrogen and oxygen atoms in total. The summed E-state index contributed by atoms with van der Waals surface area (Å²) in [5.41, 5.74) is 7.35. The Labute approximate surface area is 223 Å². The van der Waals surface area contributed by atoms with Crippen LogP contribution in [0.2, 0.25) is 0 Å². The molecule has 4 aromatic carbocycles. The minimum absolute atomic E-state index is 0.178. The second-order valence-corrected chi connectivity index (χ2v) is 9.47. The molecule has 0 aliphatic heterocycles. The van der Waals surface area contributed by atoms with Crippen molar-refractivity contribution in [2.45, 2.75) is 26.3 Å². The van der Waals surface area contributed by atoms with Crippen LogP contribution in [0.4, 0.5) is 0 Å². The van der Waals surface area contributed by atoms with Gasteiger partial charge in [-0.3, -0.25) is 4.79 Å². The molecule has 0 radical (unpaired) electrons. The zero-order valence-corrected chi connectivity index (χ0v) is 21.9. The van der Waals surface area contributed by atoms with Gasteiger partial charge in [0, 0.05) is 5.56 Å². The number of aromatic nitrogens is 2. The fourth-order valence-corrected chi connectivity index (χ4v) is 4.60. The van der Waals surface area contributed by atoms with E-state index in [4.69, 9.17) is 9.84 Å². The maximum Gasteiger partial charge on any atom is 0.270 e. The normalized spacial score (nSPS) is 11.7. The summed E-state index contributed by atoms with van der Waals surface area (Å²) in [6.45, 7) is 4.08. The largest absolute Gasteiger partial charge is 0.497 e. The van der Waals surface area contributed by atoms with E-state index >= 15 is 0 Å². The highest BCUT2D eigenvalue weighted by Crippen LogP contribution is 2.27. The Kier molecular flexibility index (Phi) is 7.36. The highest BCUT2D eigenvalue weighted by atomic mass is 16.5. The highest BCUT2D eigenvalue weighted by Gasteiger charge is 2.22. The van der Waals surface area contributed by atoms with E-state index in [1.165, 1.54) is 0 Å². The van der Waals surface area contributed by atoms with Crippen LogP contribution in [0.15, 0.2) is 109 Å². The number of carbonyl (C=O) groups excluding carboxylic acids is 1. The van der Waals surface area contributed by atoms with Crippen LogP contribution in [0.3, 0.4) is 0 Å². The van der Waals surface area contributed by atoms with Crippen LogP contribution in [0.1, 0.15) is 38.8 Å². The molecule has 190 valence electrons. The van der Waals surface area contributed by atoms with Crippen molar-refractivity contribution in [3.05, 3.63) is 137 Å². The summed E-state index contributed by atoms with van der Waals surface area (Å²) in [4.78, 5) is 14.0. The number of rotatable bonds is 8. The fraction of sp³-hybridized carbons (Fsp3) is 0.152. The molecule has 1 amide bonds. The third kappa shape index (κ3) is 5.52. The van der Waals surface area contributed by atoms with Crippen molar-refractivity contribution in [1.29, 1.82) is 0 Å². The predicted octanol–water partition coefficient (Wildman–Crippen LogP) is 6.88. The minimum Gasteiger partial charge on any atom is -0.497 e. The zero-order valence-electron chi connectivity index (χ0n) is 21.9. The molecular formula is C33H31N3O2.